The number of nitriles is 1. The Balaban J connectivity index is 1.80. The number of hydrogen-bond acceptors (Lipinski definition) is 6. The Hall–Kier alpha value is -0.320. The number of hydrogen-bond donors (Lipinski definition) is 1. The van der Waals surface area contributed by atoms with Gasteiger partial charge in [-0.2, -0.15) is 17.9 Å². The fraction of sp³-hybridized carbons (Fsp3) is 0.957. The number of nitrogens with zero attached hydrogens (tertiary/aromatic N) is 5. The number of rotatable bonds is 9. The van der Waals surface area contributed by atoms with E-state index in [4.69, 9.17) is 12.6 Å². The predicted molar refractivity (Wildman–Crippen MR) is 126 cm³/mol. The second-order valence-corrected chi connectivity index (χ2v) is 11.5. The molecule has 0 aliphatic carbocycles. The molecule has 6 heteroatoms. The van der Waals surface area contributed by atoms with Crippen LogP contribution in [0.4, 0.5) is 0 Å². The van der Waals surface area contributed by atoms with Crippen molar-refractivity contribution in [2.45, 2.75) is 82.8 Å². The van der Waals surface area contributed by atoms with Crippen LogP contribution in [0.3, 0.4) is 0 Å². The van der Waals surface area contributed by atoms with Crippen LogP contribution < -0.4 is 0 Å². The van der Waals surface area contributed by atoms with E-state index < -0.39 is 0 Å². The molecule has 2 aliphatic heterocycles. The van der Waals surface area contributed by atoms with E-state index in [0.29, 0.717) is 12.0 Å². The van der Waals surface area contributed by atoms with Gasteiger partial charge in [-0.3, -0.25) is 14.7 Å². The molecule has 4 atom stereocenters. The molecular weight excluding hydrogens is 378 g/mol. The van der Waals surface area contributed by atoms with E-state index in [1.807, 2.05) is 0 Å². The topological polar surface area (TPSA) is 36.8 Å². The maximum Gasteiger partial charge on any atom is 0.0978 e. The predicted octanol–water partition coefficient (Wildman–Crippen LogP) is 3.38. The van der Waals surface area contributed by atoms with Crippen molar-refractivity contribution >= 4 is 12.6 Å². The first-order valence-corrected chi connectivity index (χ1v) is 11.9. The second-order valence-electron chi connectivity index (χ2n) is 10.6. The van der Waals surface area contributed by atoms with E-state index in [1.165, 1.54) is 13.0 Å². The van der Waals surface area contributed by atoms with Gasteiger partial charge < -0.3 is 4.90 Å². The van der Waals surface area contributed by atoms with Crippen LogP contribution in [0.2, 0.25) is 0 Å². The van der Waals surface area contributed by atoms with Crippen molar-refractivity contribution in [2.24, 2.45) is 5.92 Å². The summed E-state index contributed by atoms with van der Waals surface area (Å²) in [5, 5.41) is 9.30. The van der Waals surface area contributed by atoms with Gasteiger partial charge in [0.1, 0.15) is 0 Å². The van der Waals surface area contributed by atoms with Crippen molar-refractivity contribution in [1.29, 1.82) is 5.26 Å². The van der Waals surface area contributed by atoms with Gasteiger partial charge in [0.25, 0.3) is 0 Å². The second kappa shape index (κ2) is 10.3. The summed E-state index contributed by atoms with van der Waals surface area (Å²) in [6.07, 6.45) is 4.56. The summed E-state index contributed by atoms with van der Waals surface area (Å²) >= 11 is 5.09. The van der Waals surface area contributed by atoms with Crippen LogP contribution in [0.1, 0.15) is 60.3 Å². The molecule has 0 aromatic rings. The highest BCUT2D eigenvalue weighted by Crippen LogP contribution is 2.35. The zero-order valence-electron chi connectivity index (χ0n) is 20.0. The van der Waals surface area contributed by atoms with Crippen LogP contribution in [-0.4, -0.2) is 95.5 Å². The molecular formula is C23H45N5S. The van der Waals surface area contributed by atoms with Gasteiger partial charge in [0.2, 0.25) is 0 Å². The fourth-order valence-corrected chi connectivity index (χ4v) is 5.02. The summed E-state index contributed by atoms with van der Waals surface area (Å²) < 4.78 is 0. The zero-order valence-corrected chi connectivity index (χ0v) is 20.9. The normalized spacial score (nSPS) is 28.9. The van der Waals surface area contributed by atoms with Crippen LogP contribution in [-0.2, 0) is 0 Å². The minimum absolute atomic E-state index is 0.112. The molecule has 2 heterocycles. The molecule has 29 heavy (non-hydrogen) atoms. The van der Waals surface area contributed by atoms with Gasteiger partial charge in [0, 0.05) is 37.8 Å². The van der Waals surface area contributed by atoms with Crippen LogP contribution in [0.5, 0.6) is 0 Å². The van der Waals surface area contributed by atoms with E-state index in [9.17, 15) is 5.26 Å². The van der Waals surface area contributed by atoms with Crippen LogP contribution in [0.15, 0.2) is 0 Å². The first-order chi connectivity index (χ1) is 13.5. The smallest absolute Gasteiger partial charge is 0.0978 e. The summed E-state index contributed by atoms with van der Waals surface area (Å²) in [6.45, 7) is 18.0. The molecule has 0 radical (unpaired) electrons. The molecule has 2 unspecified atom stereocenters. The molecule has 2 saturated heterocycles. The van der Waals surface area contributed by atoms with Gasteiger partial charge in [-0.1, -0.05) is 0 Å². The Morgan fingerprint density at radius 2 is 1.62 bits per heavy atom. The first-order valence-electron chi connectivity index (χ1n) is 11.5. The SMILES string of the molecule is C[C@H]1C(CC(C)(S)N(C)CCN2CCC[C@@H]2C#N)CCN1CCN(C)C(C)(C)C. The molecule has 2 aliphatic rings. The monoisotopic (exact) mass is 423 g/mol. The Labute approximate surface area is 185 Å². The van der Waals surface area contributed by atoms with Gasteiger partial charge in [-0.05, 0) is 93.4 Å². The summed E-state index contributed by atoms with van der Waals surface area (Å²) in [6, 6.07) is 3.18. The lowest BCUT2D eigenvalue weighted by Crippen LogP contribution is -2.47. The van der Waals surface area contributed by atoms with E-state index in [1.54, 1.807) is 0 Å². The molecule has 0 spiro atoms. The van der Waals surface area contributed by atoms with Crippen molar-refractivity contribution in [3.63, 3.8) is 0 Å². The summed E-state index contributed by atoms with van der Waals surface area (Å²) in [7, 11) is 4.43. The summed E-state index contributed by atoms with van der Waals surface area (Å²) in [4.78, 5) is 9.74. The van der Waals surface area contributed by atoms with Crippen molar-refractivity contribution in [3.8, 4) is 6.07 Å². The lowest BCUT2D eigenvalue weighted by atomic mass is 9.93. The minimum atomic E-state index is -0.112. The molecule has 2 rings (SSSR count). The van der Waals surface area contributed by atoms with E-state index >= 15 is 0 Å². The van der Waals surface area contributed by atoms with Crippen molar-refractivity contribution in [2.75, 3.05) is 53.4 Å². The zero-order chi connectivity index (χ0) is 21.8. The number of likely N-dealkylation sites (N-methyl/N-ethyl adjacent to an activating group) is 2. The van der Waals surface area contributed by atoms with Gasteiger partial charge in [0.05, 0.1) is 17.0 Å². The molecule has 0 saturated carbocycles. The van der Waals surface area contributed by atoms with Crippen LogP contribution >= 0.6 is 12.6 Å². The van der Waals surface area contributed by atoms with Crippen LogP contribution in [0, 0.1) is 17.2 Å². The summed E-state index contributed by atoms with van der Waals surface area (Å²) in [5.41, 5.74) is 0.231. The Bertz CT molecular complexity index is 552. The third kappa shape index (κ3) is 6.83. The maximum absolute atomic E-state index is 9.30. The first kappa shape index (κ1) is 24.9. The van der Waals surface area contributed by atoms with Crippen molar-refractivity contribution in [3.05, 3.63) is 0 Å². The number of likely N-dealkylation sites (tertiary alicyclic amines) is 2. The number of thiol groups is 1. The largest absolute Gasteiger partial charge is 0.300 e. The average Bonchev–Trinajstić information content (AvgIpc) is 3.23. The maximum atomic E-state index is 9.30. The highest BCUT2D eigenvalue weighted by Gasteiger charge is 2.37. The third-order valence-corrected chi connectivity index (χ3v) is 8.14. The molecule has 168 valence electrons. The van der Waals surface area contributed by atoms with Crippen LogP contribution in [0.25, 0.3) is 0 Å². The van der Waals surface area contributed by atoms with E-state index in [-0.39, 0.29) is 16.5 Å². The Kier molecular flexibility index (Phi) is 8.88. The highest BCUT2D eigenvalue weighted by molar-refractivity contribution is 7.81. The molecule has 2 fully saturated rings. The highest BCUT2D eigenvalue weighted by atomic mass is 32.1. The Morgan fingerprint density at radius 1 is 1.00 bits per heavy atom. The van der Waals surface area contributed by atoms with Crippen molar-refractivity contribution < 1.29 is 0 Å². The average molecular weight is 424 g/mol. The molecule has 0 bridgehead atoms. The molecule has 0 N–H and O–H groups in total. The van der Waals surface area contributed by atoms with E-state index in [2.05, 4.69) is 74.4 Å². The van der Waals surface area contributed by atoms with Gasteiger partial charge in [0.15, 0.2) is 0 Å². The lowest BCUT2D eigenvalue weighted by molar-refractivity contribution is 0.128. The molecule has 5 nitrogen and oxygen atoms in total. The quantitative estimate of drug-likeness (QED) is 0.454. The minimum Gasteiger partial charge on any atom is -0.300 e. The summed E-state index contributed by atoms with van der Waals surface area (Å²) in [5.74, 6) is 0.693. The molecule has 0 aromatic carbocycles. The Morgan fingerprint density at radius 3 is 2.24 bits per heavy atom. The lowest BCUT2D eigenvalue weighted by Gasteiger charge is -2.39. The van der Waals surface area contributed by atoms with Crippen molar-refractivity contribution in [1.82, 2.24) is 19.6 Å². The third-order valence-electron chi connectivity index (χ3n) is 7.62. The molecule has 0 aromatic heterocycles. The van der Waals surface area contributed by atoms with Gasteiger partial charge >= 0.3 is 0 Å². The van der Waals surface area contributed by atoms with Gasteiger partial charge in [-0.15, -0.1) is 0 Å². The fourth-order valence-electron chi connectivity index (χ4n) is 4.69. The standard InChI is InChI=1S/C23H45N5S/c1-19-20(10-12-27(19)15-13-25(6)22(2,3)4)17-23(5,29)26(7)14-16-28-11-8-9-21(28)18-24/h19-21,29H,8-17H2,1-7H3/t19-,20?,21+,23?/m0/s1. The van der Waals surface area contributed by atoms with E-state index in [0.717, 1.165) is 52.0 Å². The van der Waals surface area contributed by atoms with Gasteiger partial charge in [-0.25, -0.2) is 0 Å². The molecule has 0 amide bonds.